The highest BCUT2D eigenvalue weighted by Crippen LogP contribution is 2.16. The van der Waals surface area contributed by atoms with Gasteiger partial charge in [-0.05, 0) is 18.2 Å². The Hall–Kier alpha value is -2.89. The molecule has 2 rings (SSSR count). The van der Waals surface area contributed by atoms with E-state index in [4.69, 9.17) is 4.74 Å². The predicted octanol–water partition coefficient (Wildman–Crippen LogP) is 2.65. The van der Waals surface area contributed by atoms with Gasteiger partial charge in [-0.15, -0.1) is 0 Å². The number of esters is 1. The van der Waals surface area contributed by atoms with Crippen molar-refractivity contribution in [2.75, 3.05) is 18.6 Å². The normalized spacial score (nSPS) is 9.86. The van der Waals surface area contributed by atoms with Crippen LogP contribution in [0.2, 0.25) is 0 Å². The summed E-state index contributed by atoms with van der Waals surface area (Å²) in [6.07, 6.45) is 1.00. The Kier molecular flexibility index (Phi) is 5.48. The van der Waals surface area contributed by atoms with Gasteiger partial charge in [0, 0.05) is 24.5 Å². The number of nitrogens with zero attached hydrogens (tertiary/aromatic N) is 2. The average Bonchev–Trinajstić information content (AvgIpc) is 2.56. The fraction of sp³-hybridized carbons (Fsp3) is 0.188. The topological polar surface area (TPSA) is 68.7 Å². The Labute approximate surface area is 128 Å². The minimum Gasteiger partial charge on any atom is -0.469 e. The first-order valence-electron chi connectivity index (χ1n) is 6.73. The maximum absolute atomic E-state index is 12.3. The molecule has 114 valence electrons. The lowest BCUT2D eigenvalue weighted by Crippen LogP contribution is -2.35. The highest BCUT2D eigenvalue weighted by atomic mass is 16.6. The van der Waals surface area contributed by atoms with E-state index in [1.807, 2.05) is 6.07 Å². The first-order chi connectivity index (χ1) is 10.7. The third kappa shape index (κ3) is 4.31. The van der Waals surface area contributed by atoms with Gasteiger partial charge in [-0.2, -0.15) is 0 Å². The van der Waals surface area contributed by atoms with E-state index in [1.54, 1.807) is 42.5 Å². The van der Waals surface area contributed by atoms with Crippen LogP contribution in [0.1, 0.15) is 6.42 Å². The summed E-state index contributed by atoms with van der Waals surface area (Å²) in [7, 11) is 1.31. The van der Waals surface area contributed by atoms with E-state index in [9.17, 15) is 9.59 Å². The number of benzene rings is 1. The van der Waals surface area contributed by atoms with Gasteiger partial charge in [0.05, 0.1) is 13.5 Å². The molecule has 6 nitrogen and oxygen atoms in total. The molecule has 0 fully saturated rings. The van der Waals surface area contributed by atoms with E-state index in [1.165, 1.54) is 18.2 Å². The number of hydrogen-bond acceptors (Lipinski definition) is 5. The number of methoxy groups -OCH3 is 1. The summed E-state index contributed by atoms with van der Waals surface area (Å²) >= 11 is 0. The van der Waals surface area contributed by atoms with Gasteiger partial charge in [0.15, 0.2) is 0 Å². The van der Waals surface area contributed by atoms with E-state index in [0.717, 1.165) is 0 Å². The Morgan fingerprint density at radius 2 is 1.82 bits per heavy atom. The molecule has 0 aliphatic rings. The molecule has 0 aliphatic heterocycles. The fourth-order valence-corrected chi connectivity index (χ4v) is 1.79. The first kappa shape index (κ1) is 15.5. The molecule has 0 unspecified atom stereocenters. The SMILES string of the molecule is COC(=O)CCN(C(=O)Oc1ccccn1)c1ccccc1. The van der Waals surface area contributed by atoms with E-state index in [-0.39, 0.29) is 18.8 Å². The van der Waals surface area contributed by atoms with Crippen LogP contribution >= 0.6 is 0 Å². The molecule has 22 heavy (non-hydrogen) atoms. The molecule has 1 aromatic heterocycles. The van der Waals surface area contributed by atoms with Gasteiger partial charge >= 0.3 is 12.1 Å². The number of para-hydroxylation sites is 1. The van der Waals surface area contributed by atoms with E-state index >= 15 is 0 Å². The van der Waals surface area contributed by atoms with Crippen molar-refractivity contribution in [3.8, 4) is 5.88 Å². The Bertz CT molecular complexity index is 617. The van der Waals surface area contributed by atoms with Gasteiger partial charge in [-0.3, -0.25) is 9.69 Å². The monoisotopic (exact) mass is 300 g/mol. The number of anilines is 1. The molecule has 0 spiro atoms. The van der Waals surface area contributed by atoms with E-state index in [0.29, 0.717) is 5.69 Å². The van der Waals surface area contributed by atoms with Crippen LogP contribution in [-0.4, -0.2) is 30.7 Å². The number of carbonyl (C=O) groups is 2. The average molecular weight is 300 g/mol. The molecular formula is C16H16N2O4. The lowest BCUT2D eigenvalue weighted by Gasteiger charge is -2.21. The maximum Gasteiger partial charge on any atom is 0.421 e. The van der Waals surface area contributed by atoms with Crippen molar-refractivity contribution >= 4 is 17.7 Å². The van der Waals surface area contributed by atoms with Crippen molar-refractivity contribution in [1.29, 1.82) is 0 Å². The zero-order valence-electron chi connectivity index (χ0n) is 12.1. The van der Waals surface area contributed by atoms with Crippen LogP contribution in [0.25, 0.3) is 0 Å². The fourth-order valence-electron chi connectivity index (χ4n) is 1.79. The maximum atomic E-state index is 12.3. The number of aromatic nitrogens is 1. The molecule has 6 heteroatoms. The van der Waals surface area contributed by atoms with Crippen molar-refractivity contribution in [3.05, 3.63) is 54.7 Å². The minimum atomic E-state index is -0.603. The van der Waals surface area contributed by atoms with Crippen molar-refractivity contribution in [1.82, 2.24) is 4.98 Å². The molecule has 1 heterocycles. The third-order valence-corrected chi connectivity index (χ3v) is 2.89. The second-order valence-electron chi connectivity index (χ2n) is 4.35. The van der Waals surface area contributed by atoms with Gasteiger partial charge in [-0.25, -0.2) is 9.78 Å². The molecule has 0 saturated carbocycles. The van der Waals surface area contributed by atoms with E-state index < -0.39 is 12.1 Å². The quantitative estimate of drug-likeness (QED) is 0.794. The van der Waals surface area contributed by atoms with Crippen LogP contribution in [0, 0.1) is 0 Å². The summed E-state index contributed by atoms with van der Waals surface area (Å²) in [5.74, 6) is -0.196. The molecule has 0 bridgehead atoms. The van der Waals surface area contributed by atoms with Gasteiger partial charge in [0.2, 0.25) is 5.88 Å². The highest BCUT2D eigenvalue weighted by Gasteiger charge is 2.19. The first-order valence-corrected chi connectivity index (χ1v) is 6.73. The van der Waals surface area contributed by atoms with Crippen LogP contribution in [0.5, 0.6) is 5.88 Å². The van der Waals surface area contributed by atoms with Gasteiger partial charge in [-0.1, -0.05) is 24.3 Å². The third-order valence-electron chi connectivity index (χ3n) is 2.89. The van der Waals surface area contributed by atoms with Crippen LogP contribution in [0.3, 0.4) is 0 Å². The minimum absolute atomic E-state index is 0.0721. The molecule has 2 aromatic rings. The molecule has 0 saturated heterocycles. The van der Waals surface area contributed by atoms with Gasteiger partial charge < -0.3 is 9.47 Å². The number of carbonyl (C=O) groups excluding carboxylic acids is 2. The van der Waals surface area contributed by atoms with Crippen LogP contribution < -0.4 is 9.64 Å². The van der Waals surface area contributed by atoms with E-state index in [2.05, 4.69) is 9.72 Å². The lowest BCUT2D eigenvalue weighted by atomic mass is 10.3. The molecule has 0 aliphatic carbocycles. The smallest absolute Gasteiger partial charge is 0.421 e. The number of pyridine rings is 1. The number of ether oxygens (including phenoxy) is 2. The molecule has 1 aromatic carbocycles. The van der Waals surface area contributed by atoms with Crippen molar-refractivity contribution < 1.29 is 19.1 Å². The molecule has 0 radical (unpaired) electrons. The molecule has 0 N–H and O–H groups in total. The number of hydrogen-bond donors (Lipinski definition) is 0. The van der Waals surface area contributed by atoms with Crippen LogP contribution in [-0.2, 0) is 9.53 Å². The standard InChI is InChI=1S/C16H16N2O4/c1-21-15(19)10-12-18(13-7-3-2-4-8-13)16(20)22-14-9-5-6-11-17-14/h2-9,11H,10,12H2,1H3. The largest absolute Gasteiger partial charge is 0.469 e. The molecule has 1 amide bonds. The van der Waals surface area contributed by atoms with Crippen molar-refractivity contribution in [3.63, 3.8) is 0 Å². The second kappa shape index (κ2) is 7.78. The summed E-state index contributed by atoms with van der Waals surface area (Å²) < 4.78 is 9.83. The van der Waals surface area contributed by atoms with Crippen LogP contribution in [0.4, 0.5) is 10.5 Å². The number of amides is 1. The Morgan fingerprint density at radius 1 is 1.09 bits per heavy atom. The summed E-state index contributed by atoms with van der Waals surface area (Å²) in [5, 5.41) is 0. The summed E-state index contributed by atoms with van der Waals surface area (Å²) in [6.45, 7) is 0.155. The Balaban J connectivity index is 2.13. The lowest BCUT2D eigenvalue weighted by molar-refractivity contribution is -0.140. The Morgan fingerprint density at radius 3 is 2.45 bits per heavy atom. The zero-order valence-corrected chi connectivity index (χ0v) is 12.1. The van der Waals surface area contributed by atoms with Crippen molar-refractivity contribution in [2.45, 2.75) is 6.42 Å². The van der Waals surface area contributed by atoms with Crippen LogP contribution in [0.15, 0.2) is 54.7 Å². The van der Waals surface area contributed by atoms with Crippen molar-refractivity contribution in [2.24, 2.45) is 0 Å². The summed E-state index contributed by atoms with van der Waals surface area (Å²) in [4.78, 5) is 29.0. The highest BCUT2D eigenvalue weighted by molar-refractivity contribution is 5.89. The molecular weight excluding hydrogens is 284 g/mol. The summed E-state index contributed by atoms with van der Waals surface area (Å²) in [6, 6.07) is 14.0. The predicted molar refractivity (Wildman–Crippen MR) is 80.7 cm³/mol. The zero-order chi connectivity index (χ0) is 15.8. The second-order valence-corrected chi connectivity index (χ2v) is 4.35. The molecule has 0 atom stereocenters. The summed E-state index contributed by atoms with van der Waals surface area (Å²) in [5.41, 5.74) is 0.632. The van der Waals surface area contributed by atoms with Gasteiger partial charge in [0.25, 0.3) is 0 Å². The number of rotatable bonds is 5. The van der Waals surface area contributed by atoms with Gasteiger partial charge in [0.1, 0.15) is 0 Å².